The molecule has 1 aliphatic rings. The maximum absolute atomic E-state index is 5.57. The van der Waals surface area contributed by atoms with Crippen LogP contribution in [0.5, 0.6) is 0 Å². The number of benzene rings is 1. The van der Waals surface area contributed by atoms with Crippen LogP contribution in [-0.2, 0) is 4.74 Å². The van der Waals surface area contributed by atoms with Gasteiger partial charge in [0.2, 0.25) is 0 Å². The van der Waals surface area contributed by atoms with Gasteiger partial charge in [0.1, 0.15) is 11.6 Å². The molecule has 1 aliphatic heterocycles. The summed E-state index contributed by atoms with van der Waals surface area (Å²) in [6.45, 7) is 2.61. The first-order valence-corrected chi connectivity index (χ1v) is 9.63. The third-order valence-corrected chi connectivity index (χ3v) is 5.18. The van der Waals surface area contributed by atoms with Crippen LogP contribution in [0.4, 0.5) is 17.3 Å². The van der Waals surface area contributed by atoms with Gasteiger partial charge in [-0.25, -0.2) is 9.97 Å². The lowest BCUT2D eigenvalue weighted by Crippen LogP contribution is -2.24. The minimum absolute atomic E-state index is 0.550. The van der Waals surface area contributed by atoms with E-state index in [1.54, 1.807) is 6.20 Å². The Morgan fingerprint density at radius 2 is 2.11 bits per heavy atom. The Labute approximate surface area is 162 Å². The molecule has 5 rings (SSSR count). The van der Waals surface area contributed by atoms with E-state index in [2.05, 4.69) is 49.0 Å². The van der Waals surface area contributed by atoms with Gasteiger partial charge in [-0.15, -0.1) is 0 Å². The molecular weight excluding hydrogens is 352 g/mol. The average Bonchev–Trinajstić information content (AvgIpc) is 3.16. The van der Waals surface area contributed by atoms with Crippen LogP contribution in [0.1, 0.15) is 12.8 Å². The van der Waals surface area contributed by atoms with Gasteiger partial charge in [-0.3, -0.25) is 5.10 Å². The molecule has 142 valence electrons. The lowest BCUT2D eigenvalue weighted by molar-refractivity contribution is 0.0595. The Hall–Kier alpha value is -3.19. The van der Waals surface area contributed by atoms with Crippen molar-refractivity contribution in [3.8, 4) is 0 Å². The predicted octanol–water partition coefficient (Wildman–Crippen LogP) is 4.09. The van der Waals surface area contributed by atoms with Gasteiger partial charge in [-0.1, -0.05) is 0 Å². The monoisotopic (exact) mass is 374 g/mol. The number of nitrogens with zero attached hydrogens (tertiary/aromatic N) is 3. The van der Waals surface area contributed by atoms with Gasteiger partial charge in [-0.2, -0.15) is 5.10 Å². The van der Waals surface area contributed by atoms with E-state index in [0.29, 0.717) is 11.6 Å². The number of rotatable bonds is 5. The molecule has 0 radical (unpaired) electrons. The normalized spacial score (nSPS) is 17.1. The summed E-state index contributed by atoms with van der Waals surface area (Å²) in [7, 11) is 0. The smallest absolute Gasteiger partial charge is 0.183 e. The van der Waals surface area contributed by atoms with Gasteiger partial charge in [0.05, 0.1) is 12.0 Å². The van der Waals surface area contributed by atoms with Crippen molar-refractivity contribution in [2.45, 2.75) is 12.8 Å². The quantitative estimate of drug-likeness (QED) is 0.488. The fourth-order valence-electron chi connectivity index (χ4n) is 3.70. The average molecular weight is 374 g/mol. The molecule has 1 aromatic carbocycles. The molecule has 0 bridgehead atoms. The molecule has 3 N–H and O–H groups in total. The second-order valence-electron chi connectivity index (χ2n) is 7.16. The van der Waals surface area contributed by atoms with Crippen LogP contribution in [-0.4, -0.2) is 39.9 Å². The van der Waals surface area contributed by atoms with Gasteiger partial charge >= 0.3 is 0 Å². The van der Waals surface area contributed by atoms with Crippen molar-refractivity contribution in [1.29, 1.82) is 0 Å². The molecule has 3 aromatic heterocycles. The Kier molecular flexibility index (Phi) is 4.50. The van der Waals surface area contributed by atoms with Gasteiger partial charge in [-0.05, 0) is 60.5 Å². The van der Waals surface area contributed by atoms with Crippen LogP contribution in [0.2, 0.25) is 0 Å². The summed E-state index contributed by atoms with van der Waals surface area (Å²) in [5.74, 6) is 2.31. The Balaban J connectivity index is 1.37. The van der Waals surface area contributed by atoms with Crippen LogP contribution < -0.4 is 10.6 Å². The molecule has 0 aliphatic carbocycles. The minimum Gasteiger partial charge on any atom is -0.381 e. The summed E-state index contributed by atoms with van der Waals surface area (Å²) < 4.78 is 5.57. The van der Waals surface area contributed by atoms with E-state index < -0.39 is 0 Å². The van der Waals surface area contributed by atoms with Crippen molar-refractivity contribution in [1.82, 2.24) is 20.2 Å². The number of hydrogen-bond donors (Lipinski definition) is 3. The highest BCUT2D eigenvalue weighted by Crippen LogP contribution is 2.28. The predicted molar refractivity (Wildman–Crippen MR) is 111 cm³/mol. The van der Waals surface area contributed by atoms with Gasteiger partial charge in [0.15, 0.2) is 5.65 Å². The van der Waals surface area contributed by atoms with Crippen molar-refractivity contribution in [3.05, 3.63) is 48.8 Å². The standard InChI is InChI=1S/C21H22N6O/c1-4-18-20(22-8-1)26-27-21(18)25-16-5-6-17-15(11-16)7-9-23-19(17)24-12-14-3-2-10-28-13-14/h1,4-9,11,14H,2-3,10,12-13H2,(H,23,24)(H2,22,25,26,27). The number of aromatic nitrogens is 4. The van der Waals surface area contributed by atoms with E-state index in [1.807, 2.05) is 24.4 Å². The highest BCUT2D eigenvalue weighted by Gasteiger charge is 2.14. The molecule has 7 heteroatoms. The molecule has 0 amide bonds. The fourth-order valence-corrected chi connectivity index (χ4v) is 3.70. The molecule has 4 heterocycles. The van der Waals surface area contributed by atoms with E-state index in [-0.39, 0.29) is 0 Å². The number of anilines is 3. The second kappa shape index (κ2) is 7.44. The first-order valence-electron chi connectivity index (χ1n) is 9.63. The molecular formula is C21H22N6O. The van der Waals surface area contributed by atoms with Crippen LogP contribution in [0, 0.1) is 5.92 Å². The van der Waals surface area contributed by atoms with Gasteiger partial charge in [0.25, 0.3) is 0 Å². The Morgan fingerprint density at radius 1 is 1.11 bits per heavy atom. The number of pyridine rings is 2. The minimum atomic E-state index is 0.550. The summed E-state index contributed by atoms with van der Waals surface area (Å²) in [5.41, 5.74) is 1.69. The zero-order valence-electron chi connectivity index (χ0n) is 15.5. The summed E-state index contributed by atoms with van der Waals surface area (Å²) in [6, 6.07) is 12.2. The lowest BCUT2D eigenvalue weighted by Gasteiger charge is -2.22. The maximum atomic E-state index is 5.57. The number of H-pyrrole nitrogens is 1. The van der Waals surface area contributed by atoms with E-state index in [1.165, 1.54) is 6.42 Å². The van der Waals surface area contributed by atoms with E-state index in [4.69, 9.17) is 4.74 Å². The van der Waals surface area contributed by atoms with Crippen LogP contribution in [0.3, 0.4) is 0 Å². The highest BCUT2D eigenvalue weighted by atomic mass is 16.5. The van der Waals surface area contributed by atoms with Gasteiger partial charge in [0, 0.05) is 36.6 Å². The van der Waals surface area contributed by atoms with Crippen LogP contribution >= 0.6 is 0 Å². The fraction of sp³-hybridized carbons (Fsp3) is 0.286. The van der Waals surface area contributed by atoms with Crippen molar-refractivity contribution in [3.63, 3.8) is 0 Å². The topological polar surface area (TPSA) is 87.8 Å². The third kappa shape index (κ3) is 3.36. The molecule has 1 fully saturated rings. The van der Waals surface area contributed by atoms with Crippen molar-refractivity contribution >= 4 is 39.1 Å². The van der Waals surface area contributed by atoms with E-state index in [0.717, 1.165) is 59.7 Å². The zero-order chi connectivity index (χ0) is 18.8. The first-order chi connectivity index (χ1) is 13.9. The summed E-state index contributed by atoms with van der Waals surface area (Å²) in [5, 5.41) is 17.4. The van der Waals surface area contributed by atoms with Crippen molar-refractivity contribution < 1.29 is 4.74 Å². The van der Waals surface area contributed by atoms with Crippen LogP contribution in [0.25, 0.3) is 21.8 Å². The van der Waals surface area contributed by atoms with Crippen molar-refractivity contribution in [2.24, 2.45) is 5.92 Å². The third-order valence-electron chi connectivity index (χ3n) is 5.18. The summed E-state index contributed by atoms with van der Waals surface area (Å²) in [4.78, 5) is 8.80. The Bertz CT molecular complexity index is 1100. The summed E-state index contributed by atoms with van der Waals surface area (Å²) >= 11 is 0. The SMILES string of the molecule is c1cnc2n[nH]c(Nc3ccc4c(NCC5CCCOC5)nccc4c3)c2c1. The first kappa shape index (κ1) is 16.9. The van der Waals surface area contributed by atoms with Gasteiger partial charge < -0.3 is 15.4 Å². The molecule has 28 heavy (non-hydrogen) atoms. The number of nitrogens with one attached hydrogen (secondary N) is 3. The number of ether oxygens (including phenoxy) is 1. The number of hydrogen-bond acceptors (Lipinski definition) is 6. The molecule has 0 saturated carbocycles. The molecule has 4 aromatic rings. The lowest BCUT2D eigenvalue weighted by atomic mass is 10.0. The highest BCUT2D eigenvalue weighted by molar-refractivity contribution is 5.95. The van der Waals surface area contributed by atoms with Crippen molar-refractivity contribution in [2.75, 3.05) is 30.4 Å². The van der Waals surface area contributed by atoms with E-state index >= 15 is 0 Å². The maximum Gasteiger partial charge on any atom is 0.183 e. The summed E-state index contributed by atoms with van der Waals surface area (Å²) in [6.07, 6.45) is 5.94. The van der Waals surface area contributed by atoms with E-state index in [9.17, 15) is 0 Å². The Morgan fingerprint density at radius 3 is 3.04 bits per heavy atom. The molecule has 1 unspecified atom stereocenters. The molecule has 1 saturated heterocycles. The molecule has 7 nitrogen and oxygen atoms in total. The number of fused-ring (bicyclic) bond motifs is 2. The largest absolute Gasteiger partial charge is 0.381 e. The number of aromatic amines is 1. The second-order valence-corrected chi connectivity index (χ2v) is 7.16. The zero-order valence-corrected chi connectivity index (χ0v) is 15.5. The van der Waals surface area contributed by atoms with Crippen LogP contribution in [0.15, 0.2) is 48.8 Å². The molecule has 0 spiro atoms. The molecule has 1 atom stereocenters.